The van der Waals surface area contributed by atoms with Gasteiger partial charge in [-0.05, 0) is 12.1 Å². The van der Waals surface area contributed by atoms with E-state index in [1.807, 2.05) is 24.3 Å². The zero-order chi connectivity index (χ0) is 13.8. The topological polar surface area (TPSA) is 29.5 Å². The van der Waals surface area contributed by atoms with Crippen molar-refractivity contribution in [2.45, 2.75) is 11.2 Å². The van der Waals surface area contributed by atoms with Crippen LogP contribution in [0.2, 0.25) is 0 Å². The SMILES string of the molecule is C=CCOc1ccc(C2=[C-]CC(Br)C(=O)N2C)cc1.[Y]. The Kier molecular flexibility index (Phi) is 7.14. The Bertz CT molecular complexity index is 513. The first-order chi connectivity index (χ1) is 9.13. The van der Waals surface area contributed by atoms with Gasteiger partial charge in [-0.15, -0.1) is 17.8 Å². The van der Waals surface area contributed by atoms with E-state index in [1.165, 1.54) is 0 Å². The normalized spacial score (nSPS) is 18.1. The molecule has 0 aliphatic carbocycles. The predicted octanol–water partition coefficient (Wildman–Crippen LogP) is 3.02. The predicted molar refractivity (Wildman–Crippen MR) is 78.9 cm³/mol. The maximum Gasteiger partial charge on any atom is 0.236 e. The molecular weight excluding hydrogens is 395 g/mol. The van der Waals surface area contributed by atoms with E-state index in [0.29, 0.717) is 13.0 Å². The third-order valence-electron chi connectivity index (χ3n) is 2.88. The van der Waals surface area contributed by atoms with E-state index in [2.05, 4.69) is 28.6 Å². The largest absolute Gasteiger partial charge is 0.490 e. The molecule has 103 valence electrons. The number of amides is 1. The van der Waals surface area contributed by atoms with Crippen LogP contribution in [0.5, 0.6) is 5.75 Å². The van der Waals surface area contributed by atoms with Crippen molar-refractivity contribution >= 4 is 27.5 Å². The molecule has 0 fully saturated rings. The van der Waals surface area contributed by atoms with Gasteiger partial charge in [0.05, 0.1) is 4.83 Å². The van der Waals surface area contributed by atoms with E-state index in [9.17, 15) is 4.79 Å². The second-order valence-electron chi connectivity index (χ2n) is 4.22. The van der Waals surface area contributed by atoms with E-state index in [0.717, 1.165) is 17.0 Å². The summed E-state index contributed by atoms with van der Waals surface area (Å²) in [6, 6.07) is 7.62. The number of benzene rings is 1. The van der Waals surface area contributed by atoms with Crippen LogP contribution in [-0.4, -0.2) is 29.3 Å². The quantitative estimate of drug-likeness (QED) is 0.434. The van der Waals surface area contributed by atoms with Gasteiger partial charge in [-0.25, -0.2) is 6.08 Å². The summed E-state index contributed by atoms with van der Waals surface area (Å²) in [5.74, 6) is 0.841. The van der Waals surface area contributed by atoms with Gasteiger partial charge in [0.25, 0.3) is 0 Å². The van der Waals surface area contributed by atoms with E-state index < -0.39 is 0 Å². The molecule has 0 spiro atoms. The van der Waals surface area contributed by atoms with Gasteiger partial charge < -0.3 is 9.64 Å². The summed E-state index contributed by atoms with van der Waals surface area (Å²) in [5.41, 5.74) is 1.78. The molecule has 1 aliphatic rings. The molecule has 1 aliphatic heterocycles. The van der Waals surface area contributed by atoms with Crippen molar-refractivity contribution in [3.63, 3.8) is 0 Å². The van der Waals surface area contributed by atoms with Crippen molar-refractivity contribution in [1.82, 2.24) is 4.90 Å². The molecule has 0 N–H and O–H groups in total. The van der Waals surface area contributed by atoms with Gasteiger partial charge in [-0.2, -0.15) is 5.56 Å². The molecule has 0 aromatic heterocycles. The second kappa shape index (κ2) is 8.11. The first-order valence-electron chi connectivity index (χ1n) is 6.00. The molecule has 0 saturated carbocycles. The minimum absolute atomic E-state index is 0. The number of hydrogen-bond donors (Lipinski definition) is 0. The molecule has 1 aromatic carbocycles. The van der Waals surface area contributed by atoms with Crippen molar-refractivity contribution < 1.29 is 42.2 Å². The number of rotatable bonds is 4. The van der Waals surface area contributed by atoms with Crippen molar-refractivity contribution in [3.05, 3.63) is 48.6 Å². The summed E-state index contributed by atoms with van der Waals surface area (Å²) in [6.45, 7) is 4.09. The van der Waals surface area contributed by atoms with Crippen LogP contribution < -0.4 is 4.74 Å². The van der Waals surface area contributed by atoms with Crippen molar-refractivity contribution in [2.75, 3.05) is 13.7 Å². The van der Waals surface area contributed by atoms with Crippen LogP contribution in [0.25, 0.3) is 5.70 Å². The maximum atomic E-state index is 11.9. The van der Waals surface area contributed by atoms with E-state index in [4.69, 9.17) is 4.74 Å². The van der Waals surface area contributed by atoms with Gasteiger partial charge in [-0.1, -0.05) is 35.0 Å². The molecule has 1 unspecified atom stereocenters. The first-order valence-corrected chi connectivity index (χ1v) is 6.91. The van der Waals surface area contributed by atoms with Gasteiger partial charge in [0, 0.05) is 39.8 Å². The average Bonchev–Trinajstić information content (AvgIpc) is 2.44. The molecular formula is C15H15BrNO2Y-. The number of carbonyl (C=O) groups is 1. The zero-order valence-corrected chi connectivity index (χ0v) is 15.7. The Hall–Kier alpha value is -0.446. The molecule has 0 bridgehead atoms. The number of halogens is 1. The number of ether oxygens (including phenoxy) is 1. The Morgan fingerprint density at radius 2 is 2.15 bits per heavy atom. The second-order valence-corrected chi connectivity index (χ2v) is 5.32. The molecule has 20 heavy (non-hydrogen) atoms. The summed E-state index contributed by atoms with van der Waals surface area (Å²) in [4.78, 5) is 13.4. The third kappa shape index (κ3) is 4.03. The molecule has 3 nitrogen and oxygen atoms in total. The summed E-state index contributed by atoms with van der Waals surface area (Å²) in [7, 11) is 1.76. The molecule has 1 amide bonds. The average molecular weight is 410 g/mol. The molecule has 5 heteroatoms. The van der Waals surface area contributed by atoms with Gasteiger partial charge in [0.1, 0.15) is 12.4 Å². The Balaban J connectivity index is 0.00000200. The summed E-state index contributed by atoms with van der Waals surface area (Å²) in [6.07, 6.45) is 5.54. The summed E-state index contributed by atoms with van der Waals surface area (Å²) in [5, 5.41) is 0. The van der Waals surface area contributed by atoms with Crippen LogP contribution >= 0.6 is 15.9 Å². The fourth-order valence-electron chi connectivity index (χ4n) is 1.87. The molecule has 2 rings (SSSR count). The Labute approximate surface area is 153 Å². The molecule has 1 aromatic rings. The van der Waals surface area contributed by atoms with Gasteiger partial charge >= 0.3 is 0 Å². The van der Waals surface area contributed by atoms with Gasteiger partial charge in [0.2, 0.25) is 5.91 Å². The number of carbonyl (C=O) groups excluding carboxylic acids is 1. The zero-order valence-electron chi connectivity index (χ0n) is 11.3. The van der Waals surface area contributed by atoms with E-state index in [1.54, 1.807) is 18.0 Å². The van der Waals surface area contributed by atoms with Gasteiger partial charge in [0.15, 0.2) is 0 Å². The van der Waals surface area contributed by atoms with E-state index in [-0.39, 0.29) is 43.4 Å². The Morgan fingerprint density at radius 3 is 2.75 bits per heavy atom. The fourth-order valence-corrected chi connectivity index (χ4v) is 2.34. The number of hydrogen-bond acceptors (Lipinski definition) is 2. The smallest absolute Gasteiger partial charge is 0.236 e. The van der Waals surface area contributed by atoms with Crippen molar-refractivity contribution in [2.24, 2.45) is 0 Å². The molecule has 1 radical (unpaired) electrons. The van der Waals surface area contributed by atoms with Crippen LogP contribution in [-0.2, 0) is 37.5 Å². The van der Waals surface area contributed by atoms with Crippen LogP contribution in [0, 0.1) is 6.08 Å². The van der Waals surface area contributed by atoms with E-state index >= 15 is 0 Å². The first kappa shape index (κ1) is 17.6. The van der Waals surface area contributed by atoms with Crippen molar-refractivity contribution in [3.8, 4) is 5.75 Å². The fraction of sp³-hybridized carbons (Fsp3) is 0.267. The van der Waals surface area contributed by atoms with Crippen LogP contribution in [0.3, 0.4) is 0 Å². The minimum Gasteiger partial charge on any atom is -0.490 e. The third-order valence-corrected chi connectivity index (χ3v) is 3.59. The molecule has 1 heterocycles. The monoisotopic (exact) mass is 409 g/mol. The molecule has 0 saturated heterocycles. The number of allylic oxidation sites excluding steroid dienone is 1. The number of nitrogens with zero attached hydrogens (tertiary/aromatic N) is 1. The van der Waals surface area contributed by atoms with Crippen molar-refractivity contribution in [1.29, 1.82) is 0 Å². The van der Waals surface area contributed by atoms with Crippen LogP contribution in [0.1, 0.15) is 12.0 Å². The van der Waals surface area contributed by atoms with Crippen LogP contribution in [0.4, 0.5) is 0 Å². The Morgan fingerprint density at radius 1 is 1.50 bits per heavy atom. The molecule has 1 atom stereocenters. The summed E-state index contributed by atoms with van der Waals surface area (Å²) >= 11 is 3.34. The minimum atomic E-state index is -0.170. The van der Waals surface area contributed by atoms with Crippen LogP contribution in [0.15, 0.2) is 36.9 Å². The summed E-state index contributed by atoms with van der Waals surface area (Å²) < 4.78 is 5.43. The number of alkyl halides is 1. The standard InChI is InChI=1S/C15H15BrNO2.Y/c1-3-10-19-12-6-4-11(5-7-12)14-9-8-13(16)15(18)17(14)2;/h3-7,13H,1,8,10H2,2H3;/q-1;. The maximum absolute atomic E-state index is 11.9. The van der Waals surface area contributed by atoms with Gasteiger partial charge in [-0.3, -0.25) is 4.79 Å².